The van der Waals surface area contributed by atoms with Gasteiger partial charge in [0.15, 0.2) is 26.9 Å². The van der Waals surface area contributed by atoms with Crippen molar-refractivity contribution >= 4 is 14.5 Å². The third-order valence-electron chi connectivity index (χ3n) is 4.69. The van der Waals surface area contributed by atoms with Crippen LogP contribution < -0.4 is 0 Å². The van der Waals surface area contributed by atoms with Gasteiger partial charge in [0, 0.05) is 33.5 Å². The van der Waals surface area contributed by atoms with Crippen molar-refractivity contribution in [1.82, 2.24) is 0 Å². The molecule has 0 bridgehead atoms. The van der Waals surface area contributed by atoms with Gasteiger partial charge in [-0.15, -0.1) is 0 Å². The van der Waals surface area contributed by atoms with Gasteiger partial charge in [0.25, 0.3) is 0 Å². The van der Waals surface area contributed by atoms with Crippen LogP contribution in [0.3, 0.4) is 0 Å². The highest BCUT2D eigenvalue weighted by atomic mass is 28.4. The molecule has 1 rings (SSSR count). The Morgan fingerprint density at radius 2 is 1.86 bits per heavy atom. The second-order valence-electron chi connectivity index (χ2n) is 7.29. The van der Waals surface area contributed by atoms with E-state index in [1.165, 1.54) is 0 Å². The van der Waals surface area contributed by atoms with E-state index in [1.807, 2.05) is 0 Å². The second kappa shape index (κ2) is 7.22. The molecule has 0 amide bonds. The average Bonchev–Trinajstić information content (AvgIpc) is 2.68. The van der Waals surface area contributed by atoms with Crippen molar-refractivity contribution in [3.8, 4) is 0 Å². The highest BCUT2D eigenvalue weighted by Crippen LogP contribution is 2.38. The molecule has 0 aromatic carbocycles. The molecule has 124 valence electrons. The van der Waals surface area contributed by atoms with Crippen LogP contribution in [0.15, 0.2) is 0 Å². The van der Waals surface area contributed by atoms with E-state index in [4.69, 9.17) is 13.9 Å². The number of hydroxylamine groups is 1. The van der Waals surface area contributed by atoms with Crippen LogP contribution >= 0.6 is 0 Å². The smallest absolute Gasteiger partial charge is 0.193 e. The highest BCUT2D eigenvalue weighted by molar-refractivity contribution is 6.74. The van der Waals surface area contributed by atoms with Gasteiger partial charge in [0.1, 0.15) is 6.10 Å². The van der Waals surface area contributed by atoms with Gasteiger partial charge in [-0.1, -0.05) is 20.8 Å². The first kappa shape index (κ1) is 18.6. The highest BCUT2D eigenvalue weighted by Gasteiger charge is 2.42. The summed E-state index contributed by atoms with van der Waals surface area (Å²) in [6.07, 6.45) is 3.63. The Morgan fingerprint density at radius 3 is 2.33 bits per heavy atom. The Bertz CT molecular complexity index is 361. The molecule has 21 heavy (non-hydrogen) atoms. The molecule has 0 aromatic rings. The Hall–Kier alpha value is -0.433. The molecule has 5 nitrogen and oxygen atoms in total. The van der Waals surface area contributed by atoms with Crippen LogP contribution in [0.25, 0.3) is 0 Å². The summed E-state index contributed by atoms with van der Waals surface area (Å²) in [6.45, 7) is 11.1. The van der Waals surface area contributed by atoms with Crippen molar-refractivity contribution in [2.75, 3.05) is 14.2 Å². The zero-order chi connectivity index (χ0) is 16.3. The summed E-state index contributed by atoms with van der Waals surface area (Å²) in [5, 5.41) is 12.2. The number of nitrogens with zero attached hydrogens (tertiary/aromatic N) is 1. The molecule has 0 fully saturated rings. The number of hydrogen-bond donors (Lipinski definition) is 0. The van der Waals surface area contributed by atoms with Crippen molar-refractivity contribution in [2.45, 2.75) is 76.6 Å². The predicted molar refractivity (Wildman–Crippen MR) is 87.2 cm³/mol. The van der Waals surface area contributed by atoms with E-state index in [1.54, 1.807) is 20.4 Å². The maximum Gasteiger partial charge on any atom is 0.193 e. The lowest BCUT2D eigenvalue weighted by molar-refractivity contribution is -0.490. The molecule has 0 N–H and O–H groups in total. The summed E-state index contributed by atoms with van der Waals surface area (Å²) in [5.74, 6) is 0. The van der Waals surface area contributed by atoms with Crippen LogP contribution in [0.5, 0.6) is 0 Å². The maximum atomic E-state index is 12.0. The van der Waals surface area contributed by atoms with Crippen LogP contribution in [0, 0.1) is 5.21 Å². The van der Waals surface area contributed by atoms with E-state index >= 15 is 0 Å². The predicted octanol–water partition coefficient (Wildman–Crippen LogP) is 3.13. The van der Waals surface area contributed by atoms with Crippen LogP contribution in [0.2, 0.25) is 18.1 Å². The fourth-order valence-corrected chi connectivity index (χ4v) is 3.53. The maximum absolute atomic E-state index is 12.0. The molecule has 2 atom stereocenters. The Balaban J connectivity index is 2.53. The first-order chi connectivity index (χ1) is 9.60. The molecule has 0 saturated heterocycles. The zero-order valence-corrected chi connectivity index (χ0v) is 15.5. The second-order valence-corrected chi connectivity index (χ2v) is 12.0. The molecule has 0 spiro atoms. The minimum absolute atomic E-state index is 0.0347. The Labute approximate surface area is 130 Å². The van der Waals surface area contributed by atoms with E-state index in [9.17, 15) is 5.21 Å². The number of rotatable bonds is 7. The third kappa shape index (κ3) is 5.05. The largest absolute Gasteiger partial charge is 0.624 e. The first-order valence-corrected chi connectivity index (χ1v) is 10.6. The van der Waals surface area contributed by atoms with E-state index in [0.29, 0.717) is 0 Å². The third-order valence-corrected chi connectivity index (χ3v) is 9.20. The standard InChI is InChI=1S/C15H31NO4Si/c1-15(2,3)21(6,7)20-13-10-12(16(17)11-13)8-9-14(18-4)19-5/h11-14H,8-10H2,1-7H3/t12-,13+/m0/s1. The summed E-state index contributed by atoms with van der Waals surface area (Å²) in [7, 11) is 1.40. The normalized spacial score (nSPS) is 23.7. The lowest BCUT2D eigenvalue weighted by Crippen LogP contribution is -2.44. The molecule has 1 aliphatic heterocycles. The lowest BCUT2D eigenvalue weighted by Gasteiger charge is -2.37. The number of hydrogen-bond acceptors (Lipinski definition) is 4. The van der Waals surface area contributed by atoms with Crippen LogP contribution in [-0.4, -0.2) is 51.9 Å². The Morgan fingerprint density at radius 1 is 1.29 bits per heavy atom. The fraction of sp³-hybridized carbons (Fsp3) is 0.933. The van der Waals surface area contributed by atoms with Gasteiger partial charge in [-0.3, -0.25) is 0 Å². The molecule has 6 heteroatoms. The molecule has 0 saturated carbocycles. The van der Waals surface area contributed by atoms with Crippen molar-refractivity contribution in [3.05, 3.63) is 5.21 Å². The van der Waals surface area contributed by atoms with Gasteiger partial charge in [-0.05, 0) is 18.1 Å². The van der Waals surface area contributed by atoms with E-state index < -0.39 is 8.32 Å². The van der Waals surface area contributed by atoms with Crippen LogP contribution in [0.1, 0.15) is 40.0 Å². The topological polar surface area (TPSA) is 53.8 Å². The van der Waals surface area contributed by atoms with Gasteiger partial charge < -0.3 is 19.1 Å². The van der Waals surface area contributed by atoms with E-state index in [2.05, 4.69) is 33.9 Å². The van der Waals surface area contributed by atoms with E-state index in [0.717, 1.165) is 24.0 Å². The van der Waals surface area contributed by atoms with Crippen molar-refractivity contribution in [3.63, 3.8) is 0 Å². The minimum atomic E-state index is -1.83. The van der Waals surface area contributed by atoms with Crippen LogP contribution in [-0.2, 0) is 13.9 Å². The van der Waals surface area contributed by atoms with Crippen molar-refractivity contribution < 1.29 is 18.6 Å². The van der Waals surface area contributed by atoms with Gasteiger partial charge in [-0.2, -0.15) is 0 Å². The monoisotopic (exact) mass is 317 g/mol. The summed E-state index contributed by atoms with van der Waals surface area (Å²) in [6, 6.07) is -0.0347. The summed E-state index contributed by atoms with van der Waals surface area (Å²) in [4.78, 5) is 0. The van der Waals surface area contributed by atoms with Crippen molar-refractivity contribution in [2.24, 2.45) is 0 Å². The molecular formula is C15H31NO4Si. The number of methoxy groups -OCH3 is 2. The molecule has 0 unspecified atom stereocenters. The summed E-state index contributed by atoms with van der Waals surface area (Å²) < 4.78 is 17.7. The van der Waals surface area contributed by atoms with Gasteiger partial charge in [0.05, 0.1) is 0 Å². The first-order valence-electron chi connectivity index (χ1n) is 7.64. The molecule has 0 radical (unpaired) electrons. The number of ether oxygens (including phenoxy) is 2. The van der Waals surface area contributed by atoms with Gasteiger partial charge in [0.2, 0.25) is 0 Å². The average molecular weight is 318 g/mol. The SMILES string of the molecule is COC(CC[C@H]1C[C@@H](O[Si](C)(C)C(C)(C)C)C=[N+]1[O-])OC. The summed E-state index contributed by atoms with van der Waals surface area (Å²) in [5.41, 5.74) is 0. The molecule has 0 aliphatic carbocycles. The zero-order valence-electron chi connectivity index (χ0n) is 14.5. The van der Waals surface area contributed by atoms with Gasteiger partial charge in [-0.25, -0.2) is 4.74 Å². The minimum Gasteiger partial charge on any atom is -0.624 e. The van der Waals surface area contributed by atoms with Gasteiger partial charge >= 0.3 is 0 Å². The fourth-order valence-electron chi connectivity index (χ4n) is 2.26. The van der Waals surface area contributed by atoms with Crippen molar-refractivity contribution in [1.29, 1.82) is 0 Å². The molecule has 1 aliphatic rings. The summed E-state index contributed by atoms with van der Waals surface area (Å²) >= 11 is 0. The molecule has 1 heterocycles. The quantitative estimate of drug-likeness (QED) is 0.313. The molecule has 0 aromatic heterocycles. The molecular weight excluding hydrogens is 286 g/mol. The van der Waals surface area contributed by atoms with E-state index in [-0.39, 0.29) is 23.5 Å². The lowest BCUT2D eigenvalue weighted by atomic mass is 10.1. The van der Waals surface area contributed by atoms with Crippen LogP contribution in [0.4, 0.5) is 0 Å². The Kier molecular flexibility index (Phi) is 6.40.